The van der Waals surface area contributed by atoms with Gasteiger partial charge in [0.05, 0.1) is 5.69 Å². The van der Waals surface area contributed by atoms with Crippen molar-refractivity contribution in [3.63, 3.8) is 0 Å². The van der Waals surface area contributed by atoms with Crippen LogP contribution in [0.1, 0.15) is 34.6 Å². The minimum absolute atomic E-state index is 0.0560. The number of hydrogen-bond donors (Lipinski definition) is 2. The Morgan fingerprint density at radius 3 is 2.80 bits per heavy atom. The molecule has 104 valence electrons. The first-order valence-corrected chi connectivity index (χ1v) is 6.92. The topological polar surface area (TPSA) is 70.7 Å². The Bertz CT molecular complexity index is 676. The second kappa shape index (κ2) is 4.90. The standard InChI is InChI=1S/C14H15ClN4O/c1-7-12(10-5-11(15)17-6-16-10)8(2)18-13(7)14(20)19-9-3-4-9/h5-6,9,18H,3-4H2,1-2H3,(H,19,20). The summed E-state index contributed by atoms with van der Waals surface area (Å²) in [5, 5.41) is 3.37. The van der Waals surface area contributed by atoms with Gasteiger partial charge in [-0.2, -0.15) is 0 Å². The van der Waals surface area contributed by atoms with Crippen molar-refractivity contribution in [1.29, 1.82) is 0 Å². The SMILES string of the molecule is Cc1[nH]c(C(=O)NC2CC2)c(C)c1-c1cc(Cl)ncn1. The first-order valence-electron chi connectivity index (χ1n) is 6.54. The number of carbonyl (C=O) groups excluding carboxylic acids is 1. The van der Waals surface area contributed by atoms with Gasteiger partial charge in [0.25, 0.3) is 5.91 Å². The van der Waals surface area contributed by atoms with Crippen molar-refractivity contribution in [2.45, 2.75) is 32.7 Å². The van der Waals surface area contributed by atoms with Crippen molar-refractivity contribution in [1.82, 2.24) is 20.3 Å². The molecule has 2 heterocycles. The van der Waals surface area contributed by atoms with Crippen molar-refractivity contribution < 1.29 is 4.79 Å². The number of nitrogens with one attached hydrogen (secondary N) is 2. The van der Waals surface area contributed by atoms with Gasteiger partial charge in [-0.25, -0.2) is 9.97 Å². The van der Waals surface area contributed by atoms with Crippen molar-refractivity contribution in [3.8, 4) is 11.3 Å². The van der Waals surface area contributed by atoms with Crippen molar-refractivity contribution in [2.75, 3.05) is 0 Å². The predicted molar refractivity (Wildman–Crippen MR) is 76.8 cm³/mol. The highest BCUT2D eigenvalue weighted by molar-refractivity contribution is 6.29. The lowest BCUT2D eigenvalue weighted by Gasteiger charge is -2.03. The summed E-state index contributed by atoms with van der Waals surface area (Å²) in [5.41, 5.74) is 4.02. The second-order valence-electron chi connectivity index (χ2n) is 5.10. The van der Waals surface area contributed by atoms with Gasteiger partial charge in [-0.15, -0.1) is 0 Å². The Morgan fingerprint density at radius 2 is 2.15 bits per heavy atom. The highest BCUT2D eigenvalue weighted by atomic mass is 35.5. The Kier molecular flexibility index (Phi) is 3.22. The summed E-state index contributed by atoms with van der Waals surface area (Å²) in [5.74, 6) is -0.0560. The largest absolute Gasteiger partial charge is 0.354 e. The summed E-state index contributed by atoms with van der Waals surface area (Å²) in [6, 6.07) is 2.04. The zero-order chi connectivity index (χ0) is 14.3. The lowest BCUT2D eigenvalue weighted by molar-refractivity contribution is 0.0946. The molecule has 0 atom stereocenters. The predicted octanol–water partition coefficient (Wildman–Crippen LogP) is 2.63. The number of aromatic nitrogens is 3. The van der Waals surface area contributed by atoms with Gasteiger partial charge in [-0.05, 0) is 32.3 Å². The molecule has 0 saturated heterocycles. The number of amides is 1. The van der Waals surface area contributed by atoms with E-state index in [1.165, 1.54) is 6.33 Å². The van der Waals surface area contributed by atoms with Crippen molar-refractivity contribution in [2.24, 2.45) is 0 Å². The molecule has 3 rings (SSSR count). The Morgan fingerprint density at radius 1 is 1.40 bits per heavy atom. The Hall–Kier alpha value is -1.88. The molecule has 1 amide bonds. The number of carbonyl (C=O) groups is 1. The van der Waals surface area contributed by atoms with Gasteiger partial charge >= 0.3 is 0 Å². The molecule has 20 heavy (non-hydrogen) atoms. The normalized spacial score (nSPS) is 14.3. The highest BCUT2D eigenvalue weighted by Gasteiger charge is 2.26. The molecule has 1 aliphatic rings. The minimum atomic E-state index is -0.0560. The number of hydrogen-bond acceptors (Lipinski definition) is 3. The quantitative estimate of drug-likeness (QED) is 0.854. The van der Waals surface area contributed by atoms with E-state index in [9.17, 15) is 4.79 Å². The van der Waals surface area contributed by atoms with Crippen LogP contribution in [0.2, 0.25) is 5.15 Å². The van der Waals surface area contributed by atoms with E-state index in [1.807, 2.05) is 13.8 Å². The van der Waals surface area contributed by atoms with Crippen LogP contribution in [-0.4, -0.2) is 26.9 Å². The van der Waals surface area contributed by atoms with E-state index in [-0.39, 0.29) is 5.91 Å². The van der Waals surface area contributed by atoms with E-state index in [2.05, 4.69) is 20.3 Å². The van der Waals surface area contributed by atoms with Crippen molar-refractivity contribution in [3.05, 3.63) is 34.5 Å². The van der Waals surface area contributed by atoms with E-state index in [0.717, 1.165) is 35.4 Å². The fourth-order valence-electron chi connectivity index (χ4n) is 2.32. The minimum Gasteiger partial charge on any atom is -0.354 e. The van der Waals surface area contributed by atoms with Gasteiger partial charge in [0, 0.05) is 23.4 Å². The molecule has 6 heteroatoms. The first-order chi connectivity index (χ1) is 9.56. The van der Waals surface area contributed by atoms with E-state index in [4.69, 9.17) is 11.6 Å². The maximum Gasteiger partial charge on any atom is 0.268 e. The molecule has 2 aromatic heterocycles. The number of nitrogens with zero attached hydrogens (tertiary/aromatic N) is 2. The third kappa shape index (κ3) is 2.41. The van der Waals surface area contributed by atoms with E-state index in [1.54, 1.807) is 6.07 Å². The lowest BCUT2D eigenvalue weighted by Crippen LogP contribution is -2.26. The third-order valence-corrected chi connectivity index (χ3v) is 3.67. The van der Waals surface area contributed by atoms with Crippen LogP contribution < -0.4 is 5.32 Å². The third-order valence-electron chi connectivity index (χ3n) is 3.47. The maximum atomic E-state index is 12.2. The van der Waals surface area contributed by atoms with Crippen LogP contribution in [0.15, 0.2) is 12.4 Å². The van der Waals surface area contributed by atoms with E-state index >= 15 is 0 Å². The van der Waals surface area contributed by atoms with Crippen LogP contribution in [0.3, 0.4) is 0 Å². The second-order valence-corrected chi connectivity index (χ2v) is 5.49. The zero-order valence-corrected chi connectivity index (χ0v) is 12.1. The molecule has 0 unspecified atom stereocenters. The number of aryl methyl sites for hydroxylation is 1. The summed E-state index contributed by atoms with van der Waals surface area (Å²) in [6.45, 7) is 3.84. The molecule has 0 radical (unpaired) electrons. The van der Waals surface area contributed by atoms with Crippen LogP contribution in [0, 0.1) is 13.8 Å². The highest BCUT2D eigenvalue weighted by Crippen LogP contribution is 2.29. The number of H-pyrrole nitrogens is 1. The Labute approximate surface area is 121 Å². The van der Waals surface area contributed by atoms with Gasteiger partial charge in [0.15, 0.2) is 0 Å². The number of rotatable bonds is 3. The summed E-state index contributed by atoms with van der Waals surface area (Å²) in [6.07, 6.45) is 3.56. The van der Waals surface area contributed by atoms with Gasteiger partial charge in [-0.1, -0.05) is 11.6 Å². The molecular weight excluding hydrogens is 276 g/mol. The molecule has 1 saturated carbocycles. The average Bonchev–Trinajstić information content (AvgIpc) is 3.14. The molecule has 0 spiro atoms. The monoisotopic (exact) mass is 290 g/mol. The Balaban J connectivity index is 1.99. The summed E-state index contributed by atoms with van der Waals surface area (Å²) >= 11 is 5.91. The lowest BCUT2D eigenvalue weighted by atomic mass is 10.1. The molecule has 0 aliphatic heterocycles. The first kappa shape index (κ1) is 13.1. The van der Waals surface area contributed by atoms with Crippen LogP contribution in [0.5, 0.6) is 0 Å². The molecule has 0 bridgehead atoms. The zero-order valence-electron chi connectivity index (χ0n) is 11.3. The fraction of sp³-hybridized carbons (Fsp3) is 0.357. The van der Waals surface area contributed by atoms with Gasteiger partial charge < -0.3 is 10.3 Å². The smallest absolute Gasteiger partial charge is 0.268 e. The van der Waals surface area contributed by atoms with Crippen LogP contribution in [-0.2, 0) is 0 Å². The van der Waals surface area contributed by atoms with Gasteiger partial charge in [-0.3, -0.25) is 4.79 Å². The van der Waals surface area contributed by atoms with E-state index in [0.29, 0.717) is 16.9 Å². The van der Waals surface area contributed by atoms with Crippen LogP contribution in [0.4, 0.5) is 0 Å². The molecule has 5 nitrogen and oxygen atoms in total. The number of aromatic amines is 1. The van der Waals surface area contributed by atoms with Gasteiger partial charge in [0.2, 0.25) is 0 Å². The van der Waals surface area contributed by atoms with Crippen LogP contribution in [0.25, 0.3) is 11.3 Å². The van der Waals surface area contributed by atoms with Crippen LogP contribution >= 0.6 is 11.6 Å². The molecule has 2 aromatic rings. The molecule has 1 fully saturated rings. The summed E-state index contributed by atoms with van der Waals surface area (Å²) < 4.78 is 0. The summed E-state index contributed by atoms with van der Waals surface area (Å²) in [4.78, 5) is 23.4. The fourth-order valence-corrected chi connectivity index (χ4v) is 2.46. The van der Waals surface area contributed by atoms with Gasteiger partial charge in [0.1, 0.15) is 17.2 Å². The number of halogens is 1. The van der Waals surface area contributed by atoms with E-state index < -0.39 is 0 Å². The molecule has 0 aromatic carbocycles. The van der Waals surface area contributed by atoms with Crippen molar-refractivity contribution >= 4 is 17.5 Å². The molecular formula is C14H15ClN4O. The maximum absolute atomic E-state index is 12.2. The molecule has 2 N–H and O–H groups in total. The average molecular weight is 291 g/mol. The molecule has 1 aliphatic carbocycles. The summed E-state index contributed by atoms with van der Waals surface area (Å²) in [7, 11) is 0.